The van der Waals surface area contributed by atoms with E-state index in [0.29, 0.717) is 6.04 Å². The average Bonchev–Trinajstić information content (AvgIpc) is 2.47. The summed E-state index contributed by atoms with van der Waals surface area (Å²) in [7, 11) is 0. The third-order valence-corrected chi connectivity index (χ3v) is 3.81. The molecule has 0 aliphatic carbocycles. The molecule has 2 aromatic carbocycles. The van der Waals surface area contributed by atoms with E-state index in [2.05, 4.69) is 42.2 Å². The molecule has 94 valence electrons. The van der Waals surface area contributed by atoms with Crippen LogP contribution in [0.4, 0.5) is 11.4 Å². The maximum absolute atomic E-state index is 9.31. The van der Waals surface area contributed by atoms with Gasteiger partial charge in [-0.1, -0.05) is 30.3 Å². The quantitative estimate of drug-likeness (QED) is 0.761. The lowest BCUT2D eigenvalue weighted by atomic mass is 9.95. The lowest BCUT2D eigenvalue weighted by molar-refractivity contribution is 0.618. The fourth-order valence-corrected chi connectivity index (χ4v) is 2.83. The van der Waals surface area contributed by atoms with Crippen molar-refractivity contribution in [2.45, 2.75) is 25.8 Å². The highest BCUT2D eigenvalue weighted by Crippen LogP contribution is 2.37. The van der Waals surface area contributed by atoms with Gasteiger partial charge >= 0.3 is 0 Å². The van der Waals surface area contributed by atoms with E-state index < -0.39 is 0 Å². The molecule has 2 heteroatoms. The smallest absolute Gasteiger partial charge is 0.101 e. The zero-order valence-corrected chi connectivity index (χ0v) is 11.0. The van der Waals surface area contributed by atoms with Gasteiger partial charge in [0.05, 0.1) is 11.3 Å². The topological polar surface area (TPSA) is 27.0 Å². The summed E-state index contributed by atoms with van der Waals surface area (Å²) < 4.78 is 0. The van der Waals surface area contributed by atoms with E-state index in [4.69, 9.17) is 0 Å². The molecule has 3 rings (SSSR count). The number of fused-ring (bicyclic) bond motifs is 1. The van der Waals surface area contributed by atoms with E-state index in [0.717, 1.165) is 24.1 Å². The molecule has 0 amide bonds. The Hall–Kier alpha value is -2.27. The van der Waals surface area contributed by atoms with Crippen LogP contribution >= 0.6 is 0 Å². The molecule has 2 nitrogen and oxygen atoms in total. The van der Waals surface area contributed by atoms with E-state index in [1.165, 1.54) is 11.3 Å². The number of anilines is 2. The second kappa shape index (κ2) is 4.78. The minimum absolute atomic E-state index is 0.421. The van der Waals surface area contributed by atoms with Crippen molar-refractivity contribution in [2.24, 2.45) is 0 Å². The number of benzene rings is 2. The van der Waals surface area contributed by atoms with Crippen molar-refractivity contribution < 1.29 is 0 Å². The van der Waals surface area contributed by atoms with Crippen molar-refractivity contribution in [3.05, 3.63) is 59.7 Å². The fraction of sp³-hybridized carbons (Fsp3) is 0.235. The highest BCUT2D eigenvalue weighted by Gasteiger charge is 2.25. The summed E-state index contributed by atoms with van der Waals surface area (Å²) in [6.07, 6.45) is 2.24. The number of hydrogen-bond donors (Lipinski definition) is 0. The molecule has 1 heterocycles. The summed E-state index contributed by atoms with van der Waals surface area (Å²) in [6.45, 7) is 2.23. The first-order valence-corrected chi connectivity index (χ1v) is 6.67. The number of nitriles is 1. The van der Waals surface area contributed by atoms with Crippen LogP contribution in [-0.2, 0) is 6.42 Å². The summed E-state index contributed by atoms with van der Waals surface area (Å²) in [5, 5.41) is 9.31. The van der Waals surface area contributed by atoms with Crippen molar-refractivity contribution in [1.82, 2.24) is 0 Å². The lowest BCUT2D eigenvalue weighted by Crippen LogP contribution is -2.33. The Balaban J connectivity index is 2.17. The second-order valence-corrected chi connectivity index (χ2v) is 5.02. The van der Waals surface area contributed by atoms with Crippen LogP contribution in [0.3, 0.4) is 0 Å². The minimum atomic E-state index is 0.421. The predicted octanol–water partition coefficient (Wildman–Crippen LogP) is 4.03. The van der Waals surface area contributed by atoms with Gasteiger partial charge in [-0.15, -0.1) is 0 Å². The molecule has 0 saturated heterocycles. The molecule has 0 saturated carbocycles. The second-order valence-electron chi connectivity index (χ2n) is 5.02. The molecular weight excluding hydrogens is 232 g/mol. The number of aryl methyl sites for hydroxylation is 1. The van der Waals surface area contributed by atoms with Crippen LogP contribution in [0.15, 0.2) is 48.5 Å². The number of hydrogen-bond acceptors (Lipinski definition) is 2. The van der Waals surface area contributed by atoms with Crippen molar-refractivity contribution in [3.63, 3.8) is 0 Å². The molecular formula is C17H16N2. The van der Waals surface area contributed by atoms with Gasteiger partial charge in [0.2, 0.25) is 0 Å². The van der Waals surface area contributed by atoms with Gasteiger partial charge in [0.25, 0.3) is 0 Å². The molecule has 1 aliphatic rings. The molecule has 0 radical (unpaired) electrons. The zero-order chi connectivity index (χ0) is 13.2. The first-order chi connectivity index (χ1) is 9.31. The molecule has 0 spiro atoms. The highest BCUT2D eigenvalue weighted by molar-refractivity contribution is 5.73. The number of rotatable bonds is 1. The van der Waals surface area contributed by atoms with Gasteiger partial charge in [0, 0.05) is 11.7 Å². The van der Waals surface area contributed by atoms with E-state index >= 15 is 0 Å². The Labute approximate surface area is 113 Å². The summed E-state index contributed by atoms with van der Waals surface area (Å²) in [5.41, 5.74) is 4.37. The van der Waals surface area contributed by atoms with E-state index in [1.54, 1.807) is 0 Å². The molecule has 19 heavy (non-hydrogen) atoms. The van der Waals surface area contributed by atoms with Gasteiger partial charge in [-0.3, -0.25) is 0 Å². The Morgan fingerprint density at radius 1 is 1.05 bits per heavy atom. The number of nitrogens with zero attached hydrogens (tertiary/aromatic N) is 2. The van der Waals surface area contributed by atoms with Crippen LogP contribution < -0.4 is 4.90 Å². The maximum Gasteiger partial charge on any atom is 0.101 e. The van der Waals surface area contributed by atoms with Gasteiger partial charge in [0.1, 0.15) is 6.07 Å². The molecule has 0 bridgehead atoms. The average molecular weight is 248 g/mol. The number of para-hydroxylation sites is 2. The van der Waals surface area contributed by atoms with Gasteiger partial charge < -0.3 is 4.90 Å². The van der Waals surface area contributed by atoms with Gasteiger partial charge in [-0.2, -0.15) is 5.26 Å². The van der Waals surface area contributed by atoms with E-state index in [9.17, 15) is 5.26 Å². The summed E-state index contributed by atoms with van der Waals surface area (Å²) in [4.78, 5) is 2.30. The van der Waals surface area contributed by atoms with Gasteiger partial charge in [-0.25, -0.2) is 0 Å². The van der Waals surface area contributed by atoms with Crippen LogP contribution in [0.5, 0.6) is 0 Å². The molecule has 2 aromatic rings. The largest absolute Gasteiger partial charge is 0.337 e. The van der Waals surface area contributed by atoms with Crippen molar-refractivity contribution in [2.75, 3.05) is 4.90 Å². The van der Waals surface area contributed by atoms with Crippen LogP contribution in [-0.4, -0.2) is 6.04 Å². The van der Waals surface area contributed by atoms with Gasteiger partial charge in [0.15, 0.2) is 0 Å². The highest BCUT2D eigenvalue weighted by atomic mass is 15.2. The summed E-state index contributed by atoms with van der Waals surface area (Å²) >= 11 is 0. The molecule has 0 N–H and O–H groups in total. The first kappa shape index (κ1) is 11.8. The summed E-state index contributed by atoms with van der Waals surface area (Å²) in [6, 6.07) is 19.1. The Morgan fingerprint density at radius 2 is 1.74 bits per heavy atom. The Morgan fingerprint density at radius 3 is 2.53 bits per heavy atom. The first-order valence-electron chi connectivity index (χ1n) is 6.67. The molecule has 0 aromatic heterocycles. The van der Waals surface area contributed by atoms with Crippen LogP contribution in [0.2, 0.25) is 0 Å². The van der Waals surface area contributed by atoms with Crippen LogP contribution in [0.1, 0.15) is 24.5 Å². The van der Waals surface area contributed by atoms with Crippen LogP contribution in [0.25, 0.3) is 0 Å². The minimum Gasteiger partial charge on any atom is -0.337 e. The maximum atomic E-state index is 9.31. The molecule has 1 aliphatic heterocycles. The van der Waals surface area contributed by atoms with E-state index in [1.807, 2.05) is 24.3 Å². The molecule has 1 unspecified atom stereocenters. The predicted molar refractivity (Wildman–Crippen MR) is 77.5 cm³/mol. The van der Waals surface area contributed by atoms with Crippen molar-refractivity contribution >= 4 is 11.4 Å². The van der Waals surface area contributed by atoms with Crippen molar-refractivity contribution in [1.29, 1.82) is 5.26 Å². The van der Waals surface area contributed by atoms with Crippen LogP contribution in [0, 0.1) is 11.3 Å². The molecule has 0 fully saturated rings. The Kier molecular flexibility index (Phi) is 2.97. The standard InChI is InChI=1S/C17H16N2/c1-13-10-11-14-6-2-4-8-16(14)19(13)17-9-5-3-7-15(17)12-18/h2-9,13H,10-11H2,1H3. The van der Waals surface area contributed by atoms with E-state index in [-0.39, 0.29) is 0 Å². The van der Waals surface area contributed by atoms with Gasteiger partial charge in [-0.05, 0) is 43.5 Å². The Bertz CT molecular complexity index is 640. The van der Waals surface area contributed by atoms with Crippen molar-refractivity contribution in [3.8, 4) is 6.07 Å². The monoisotopic (exact) mass is 248 g/mol. The third kappa shape index (κ3) is 1.98. The SMILES string of the molecule is CC1CCc2ccccc2N1c1ccccc1C#N. The molecule has 1 atom stereocenters. The zero-order valence-electron chi connectivity index (χ0n) is 11.0. The lowest BCUT2D eigenvalue weighted by Gasteiger charge is -2.37. The fourth-order valence-electron chi connectivity index (χ4n) is 2.83. The third-order valence-electron chi connectivity index (χ3n) is 3.81. The normalized spacial score (nSPS) is 17.7. The summed E-state index contributed by atoms with van der Waals surface area (Å²) in [5.74, 6) is 0.